The molecule has 0 spiro atoms. The highest BCUT2D eigenvalue weighted by Crippen LogP contribution is 2.29. The molecule has 5 nitrogen and oxygen atoms in total. The second-order valence-electron chi connectivity index (χ2n) is 7.17. The molecule has 0 fully saturated rings. The molecule has 0 unspecified atom stereocenters. The van der Waals surface area contributed by atoms with Crippen LogP contribution in [0.1, 0.15) is 36.8 Å². The molecular formula is C21H21FN4O. The third-order valence-electron chi connectivity index (χ3n) is 3.96. The smallest absolute Gasteiger partial charge is 0.275 e. The van der Waals surface area contributed by atoms with Gasteiger partial charge in [-0.2, -0.15) is 0 Å². The van der Waals surface area contributed by atoms with E-state index in [1.807, 2.05) is 24.3 Å². The van der Waals surface area contributed by atoms with Crippen molar-refractivity contribution in [3.8, 4) is 0 Å². The number of benzene rings is 2. The van der Waals surface area contributed by atoms with Crippen molar-refractivity contribution in [3.63, 3.8) is 0 Å². The van der Waals surface area contributed by atoms with Crippen molar-refractivity contribution in [2.45, 2.75) is 26.2 Å². The molecular weight excluding hydrogens is 343 g/mol. The Balaban J connectivity index is 1.73. The molecule has 3 rings (SSSR count). The first-order valence-corrected chi connectivity index (χ1v) is 8.58. The summed E-state index contributed by atoms with van der Waals surface area (Å²) in [5.74, 6) is -0.259. The zero-order valence-electron chi connectivity index (χ0n) is 15.5. The predicted molar refractivity (Wildman–Crippen MR) is 105 cm³/mol. The Labute approximate surface area is 157 Å². The molecule has 6 heteroatoms. The first-order valence-electron chi connectivity index (χ1n) is 8.58. The van der Waals surface area contributed by atoms with E-state index in [4.69, 9.17) is 0 Å². The van der Waals surface area contributed by atoms with Gasteiger partial charge < -0.3 is 10.6 Å². The van der Waals surface area contributed by atoms with Gasteiger partial charge in [0.15, 0.2) is 0 Å². The number of rotatable bonds is 4. The van der Waals surface area contributed by atoms with Crippen LogP contribution in [-0.4, -0.2) is 15.9 Å². The van der Waals surface area contributed by atoms with Gasteiger partial charge in [-0.05, 0) is 35.2 Å². The minimum absolute atomic E-state index is 0.103. The Kier molecular flexibility index (Phi) is 5.16. The molecule has 1 heterocycles. The first kappa shape index (κ1) is 18.5. The molecule has 0 aliphatic rings. The van der Waals surface area contributed by atoms with E-state index in [2.05, 4.69) is 41.4 Å². The van der Waals surface area contributed by atoms with Gasteiger partial charge in [0, 0.05) is 11.4 Å². The molecule has 0 aliphatic heterocycles. The van der Waals surface area contributed by atoms with Crippen LogP contribution in [0.2, 0.25) is 0 Å². The van der Waals surface area contributed by atoms with Crippen LogP contribution in [0.25, 0.3) is 0 Å². The average Bonchev–Trinajstić information content (AvgIpc) is 2.62. The molecule has 1 amide bonds. The SMILES string of the molecule is CC(C)(C)c1ccccc1NC(=O)c1cnc(Nc2cccc(F)c2)cn1. The molecule has 0 aliphatic carbocycles. The highest BCUT2D eigenvalue weighted by molar-refractivity contribution is 6.03. The Morgan fingerprint density at radius 2 is 1.78 bits per heavy atom. The summed E-state index contributed by atoms with van der Waals surface area (Å²) >= 11 is 0. The van der Waals surface area contributed by atoms with Crippen molar-refractivity contribution in [1.82, 2.24) is 9.97 Å². The zero-order chi connectivity index (χ0) is 19.4. The van der Waals surface area contributed by atoms with Crippen LogP contribution in [0.15, 0.2) is 60.9 Å². The fourth-order valence-electron chi connectivity index (χ4n) is 2.66. The van der Waals surface area contributed by atoms with Crippen LogP contribution in [-0.2, 0) is 5.41 Å². The number of hydrogen-bond donors (Lipinski definition) is 2. The molecule has 1 aromatic heterocycles. The third kappa shape index (κ3) is 4.67. The molecule has 138 valence electrons. The van der Waals surface area contributed by atoms with Gasteiger partial charge in [-0.25, -0.2) is 14.4 Å². The number of halogens is 1. The van der Waals surface area contributed by atoms with Gasteiger partial charge in [-0.3, -0.25) is 4.79 Å². The third-order valence-corrected chi connectivity index (χ3v) is 3.96. The van der Waals surface area contributed by atoms with Crippen molar-refractivity contribution >= 4 is 23.1 Å². The van der Waals surface area contributed by atoms with Crippen LogP contribution in [0.4, 0.5) is 21.6 Å². The summed E-state index contributed by atoms with van der Waals surface area (Å²) in [6.07, 6.45) is 2.83. The molecule has 3 aromatic rings. The van der Waals surface area contributed by atoms with E-state index in [9.17, 15) is 9.18 Å². The molecule has 0 radical (unpaired) electrons. The summed E-state index contributed by atoms with van der Waals surface area (Å²) in [4.78, 5) is 20.9. The quantitative estimate of drug-likeness (QED) is 0.690. The summed E-state index contributed by atoms with van der Waals surface area (Å²) in [7, 11) is 0. The molecule has 2 N–H and O–H groups in total. The van der Waals surface area contributed by atoms with E-state index in [0.29, 0.717) is 11.5 Å². The van der Waals surface area contributed by atoms with Crippen LogP contribution in [0, 0.1) is 5.82 Å². The van der Waals surface area contributed by atoms with Crippen molar-refractivity contribution in [2.75, 3.05) is 10.6 Å². The number of nitrogens with zero attached hydrogens (tertiary/aromatic N) is 2. The average molecular weight is 364 g/mol. The Bertz CT molecular complexity index is 949. The maximum Gasteiger partial charge on any atom is 0.275 e. The number of carbonyl (C=O) groups is 1. The second kappa shape index (κ2) is 7.53. The number of hydrogen-bond acceptors (Lipinski definition) is 4. The van der Waals surface area contributed by atoms with E-state index in [-0.39, 0.29) is 22.8 Å². The summed E-state index contributed by atoms with van der Waals surface area (Å²) in [5.41, 5.74) is 2.44. The lowest BCUT2D eigenvalue weighted by atomic mass is 9.86. The number of para-hydroxylation sites is 1. The fraction of sp³-hybridized carbons (Fsp3) is 0.190. The van der Waals surface area contributed by atoms with Crippen molar-refractivity contribution in [2.24, 2.45) is 0 Å². The first-order chi connectivity index (χ1) is 12.8. The monoisotopic (exact) mass is 364 g/mol. The molecule has 0 bridgehead atoms. The number of aromatic nitrogens is 2. The highest BCUT2D eigenvalue weighted by Gasteiger charge is 2.19. The maximum atomic E-state index is 13.2. The Morgan fingerprint density at radius 3 is 2.44 bits per heavy atom. The second-order valence-corrected chi connectivity index (χ2v) is 7.17. The molecule has 0 atom stereocenters. The highest BCUT2D eigenvalue weighted by atomic mass is 19.1. The van der Waals surface area contributed by atoms with Crippen LogP contribution in [0.3, 0.4) is 0 Å². The van der Waals surface area contributed by atoms with Gasteiger partial charge in [0.1, 0.15) is 17.3 Å². The van der Waals surface area contributed by atoms with Crippen molar-refractivity contribution in [3.05, 3.63) is 78.0 Å². The molecule has 27 heavy (non-hydrogen) atoms. The summed E-state index contributed by atoms with van der Waals surface area (Å²) in [6.45, 7) is 6.26. The summed E-state index contributed by atoms with van der Waals surface area (Å²) in [6, 6.07) is 13.7. The fourth-order valence-corrected chi connectivity index (χ4v) is 2.66. The predicted octanol–water partition coefficient (Wildman–Crippen LogP) is 4.91. The van der Waals surface area contributed by atoms with E-state index < -0.39 is 0 Å². The Hall–Kier alpha value is -3.28. The summed E-state index contributed by atoms with van der Waals surface area (Å²) in [5, 5.41) is 5.84. The van der Waals surface area contributed by atoms with Crippen LogP contribution >= 0.6 is 0 Å². The Morgan fingerprint density at radius 1 is 1.00 bits per heavy atom. The van der Waals surface area contributed by atoms with Gasteiger partial charge in [-0.1, -0.05) is 45.0 Å². The van der Waals surface area contributed by atoms with Crippen molar-refractivity contribution < 1.29 is 9.18 Å². The zero-order valence-corrected chi connectivity index (χ0v) is 15.5. The number of carbonyl (C=O) groups excluding carboxylic acids is 1. The van der Waals surface area contributed by atoms with E-state index in [0.717, 1.165) is 11.3 Å². The maximum absolute atomic E-state index is 13.2. The minimum atomic E-state index is -0.346. The van der Waals surface area contributed by atoms with Gasteiger partial charge in [0.05, 0.1) is 12.4 Å². The lowest BCUT2D eigenvalue weighted by molar-refractivity contribution is 0.102. The normalized spacial score (nSPS) is 11.1. The molecule has 0 saturated carbocycles. The van der Waals surface area contributed by atoms with Gasteiger partial charge in [0.25, 0.3) is 5.91 Å². The van der Waals surface area contributed by atoms with Gasteiger partial charge >= 0.3 is 0 Å². The van der Waals surface area contributed by atoms with Gasteiger partial charge in [0.2, 0.25) is 0 Å². The van der Waals surface area contributed by atoms with Gasteiger partial charge in [-0.15, -0.1) is 0 Å². The topological polar surface area (TPSA) is 66.9 Å². The largest absolute Gasteiger partial charge is 0.339 e. The van der Waals surface area contributed by atoms with Crippen molar-refractivity contribution in [1.29, 1.82) is 0 Å². The minimum Gasteiger partial charge on any atom is -0.339 e. The summed E-state index contributed by atoms with van der Waals surface area (Å²) < 4.78 is 13.2. The number of amides is 1. The lowest BCUT2D eigenvalue weighted by Crippen LogP contribution is -2.19. The van der Waals surface area contributed by atoms with Crippen LogP contribution < -0.4 is 10.6 Å². The van der Waals surface area contributed by atoms with Crippen LogP contribution in [0.5, 0.6) is 0 Å². The van der Waals surface area contributed by atoms with E-state index in [1.54, 1.807) is 12.1 Å². The number of nitrogens with one attached hydrogen (secondary N) is 2. The lowest BCUT2D eigenvalue weighted by Gasteiger charge is -2.22. The van der Waals surface area contributed by atoms with E-state index in [1.165, 1.54) is 24.5 Å². The molecule has 2 aromatic carbocycles. The van der Waals surface area contributed by atoms with E-state index >= 15 is 0 Å². The number of anilines is 3. The standard InChI is InChI=1S/C21H21FN4O/c1-21(2,3)16-9-4-5-10-17(16)26-20(27)18-12-24-19(13-23-18)25-15-8-6-7-14(22)11-15/h4-13H,1-3H3,(H,24,25)(H,26,27). The molecule has 0 saturated heterocycles.